The van der Waals surface area contributed by atoms with Crippen LogP contribution in [-0.2, 0) is 18.4 Å². The van der Waals surface area contributed by atoms with Crippen LogP contribution in [0, 0.1) is 11.8 Å². The van der Waals surface area contributed by atoms with Gasteiger partial charge in [-0.15, -0.1) is 0 Å². The van der Waals surface area contributed by atoms with Gasteiger partial charge in [0, 0.05) is 37.2 Å². The van der Waals surface area contributed by atoms with Gasteiger partial charge in [-0.2, -0.15) is 0 Å². The molecule has 0 unspecified atom stereocenters. The molecule has 0 saturated carbocycles. The van der Waals surface area contributed by atoms with Crippen LogP contribution in [-0.4, -0.2) is 61.3 Å². The van der Waals surface area contributed by atoms with Gasteiger partial charge in [0.2, 0.25) is 0 Å². The number of ether oxygens (including phenoxy) is 1. The molecule has 172 valence electrons. The summed E-state index contributed by atoms with van der Waals surface area (Å²) in [6, 6.07) is 14.9. The number of methoxy groups -OCH3 is 1. The lowest BCUT2D eigenvalue weighted by Crippen LogP contribution is -2.53. The van der Waals surface area contributed by atoms with Crippen LogP contribution >= 0.6 is 11.6 Å². The second-order valence-corrected chi connectivity index (χ2v) is 10.7. The Morgan fingerprint density at radius 2 is 1.84 bits per heavy atom. The first-order valence-corrected chi connectivity index (χ1v) is 12.4. The molecule has 1 N–H and O–H groups in total. The summed E-state index contributed by atoms with van der Waals surface area (Å²) in [7, 11) is 4.10. The van der Waals surface area contributed by atoms with E-state index in [4.69, 9.17) is 16.3 Å². The van der Waals surface area contributed by atoms with Crippen molar-refractivity contribution >= 4 is 11.6 Å². The Morgan fingerprint density at radius 3 is 2.56 bits per heavy atom. The summed E-state index contributed by atoms with van der Waals surface area (Å²) in [6.45, 7) is 4.19. The monoisotopic (exact) mass is 454 g/mol. The van der Waals surface area contributed by atoms with E-state index in [1.54, 1.807) is 7.11 Å². The van der Waals surface area contributed by atoms with Crippen molar-refractivity contribution in [2.75, 3.05) is 40.3 Å². The molecule has 2 aromatic carbocycles. The average Bonchev–Trinajstić information content (AvgIpc) is 2.80. The fraction of sp³-hybridized carbons (Fsp3) is 0.556. The molecule has 0 amide bonds. The minimum Gasteiger partial charge on any atom is -0.496 e. The smallest absolute Gasteiger partial charge is 0.122 e. The third-order valence-corrected chi connectivity index (χ3v) is 8.47. The van der Waals surface area contributed by atoms with Crippen molar-refractivity contribution in [2.45, 2.75) is 43.7 Å². The first-order chi connectivity index (χ1) is 15.4. The van der Waals surface area contributed by atoms with Crippen LogP contribution in [0.1, 0.15) is 36.0 Å². The van der Waals surface area contributed by atoms with Gasteiger partial charge in [0.15, 0.2) is 0 Å². The second kappa shape index (κ2) is 8.98. The molecule has 0 radical (unpaired) electrons. The molecule has 4 nitrogen and oxygen atoms in total. The molecule has 5 heteroatoms. The van der Waals surface area contributed by atoms with Gasteiger partial charge in [-0.05, 0) is 85.9 Å². The predicted molar refractivity (Wildman–Crippen MR) is 129 cm³/mol. The summed E-state index contributed by atoms with van der Waals surface area (Å²) in [4.78, 5) is 5.18. The van der Waals surface area contributed by atoms with Crippen LogP contribution in [0.15, 0.2) is 42.5 Å². The molecule has 32 heavy (non-hydrogen) atoms. The van der Waals surface area contributed by atoms with Crippen LogP contribution < -0.4 is 4.74 Å². The molecule has 2 aromatic rings. The van der Waals surface area contributed by atoms with Gasteiger partial charge in [-0.1, -0.05) is 35.9 Å². The highest BCUT2D eigenvalue weighted by atomic mass is 35.5. The van der Waals surface area contributed by atoms with Crippen molar-refractivity contribution in [3.63, 3.8) is 0 Å². The minimum absolute atomic E-state index is 0.641. The molecule has 1 aliphatic carbocycles. The van der Waals surface area contributed by atoms with Crippen molar-refractivity contribution in [1.82, 2.24) is 9.80 Å². The van der Waals surface area contributed by atoms with Gasteiger partial charge >= 0.3 is 0 Å². The van der Waals surface area contributed by atoms with Crippen LogP contribution in [0.3, 0.4) is 0 Å². The minimum atomic E-state index is -0.723. The number of likely N-dealkylation sites (N-methyl/N-ethyl adjacent to an activating group) is 1. The summed E-state index contributed by atoms with van der Waals surface area (Å²) in [5.74, 6) is 2.43. The Hall–Kier alpha value is -1.59. The highest BCUT2D eigenvalue weighted by molar-refractivity contribution is 6.30. The molecule has 2 saturated heterocycles. The number of hydrogen-bond acceptors (Lipinski definition) is 4. The molecule has 0 spiro atoms. The zero-order chi connectivity index (χ0) is 22.3. The Morgan fingerprint density at radius 1 is 1.09 bits per heavy atom. The maximum atomic E-state index is 11.2. The molecule has 2 fully saturated rings. The predicted octanol–water partition coefficient (Wildman–Crippen LogP) is 4.37. The van der Waals surface area contributed by atoms with E-state index in [9.17, 15) is 5.11 Å². The van der Waals surface area contributed by atoms with E-state index in [0.29, 0.717) is 17.9 Å². The maximum Gasteiger partial charge on any atom is 0.122 e. The molecule has 5 rings (SSSR count). The van der Waals surface area contributed by atoms with Gasteiger partial charge in [0.25, 0.3) is 0 Å². The van der Waals surface area contributed by atoms with Gasteiger partial charge in [0.1, 0.15) is 5.75 Å². The van der Waals surface area contributed by atoms with Crippen molar-refractivity contribution in [2.24, 2.45) is 11.8 Å². The van der Waals surface area contributed by atoms with Gasteiger partial charge in [-0.25, -0.2) is 0 Å². The summed E-state index contributed by atoms with van der Waals surface area (Å²) in [5.41, 5.74) is 3.17. The van der Waals surface area contributed by atoms with E-state index in [2.05, 4.69) is 35.0 Å². The average molecular weight is 455 g/mol. The van der Waals surface area contributed by atoms with Crippen LogP contribution in [0.4, 0.5) is 0 Å². The molecular formula is C27H35ClN2O2. The fourth-order valence-corrected chi connectivity index (χ4v) is 6.59. The summed E-state index contributed by atoms with van der Waals surface area (Å²) < 4.78 is 5.68. The fourth-order valence-electron chi connectivity index (χ4n) is 6.47. The third kappa shape index (κ3) is 4.31. The van der Waals surface area contributed by atoms with E-state index in [-0.39, 0.29) is 0 Å². The number of piperidine rings is 2. The van der Waals surface area contributed by atoms with Crippen LogP contribution in [0.25, 0.3) is 0 Å². The van der Waals surface area contributed by atoms with E-state index in [1.165, 1.54) is 24.1 Å². The van der Waals surface area contributed by atoms with Crippen molar-refractivity contribution < 1.29 is 9.84 Å². The summed E-state index contributed by atoms with van der Waals surface area (Å²) in [5, 5.41) is 11.9. The SMILES string of the molecule is COc1cccc2c1C[C@H]1C[C@@H](CN3CCC(O)(c4ccc(Cl)cc4)CC3)CN(C)[C@@H]1C2. The molecule has 3 atom stereocenters. The van der Waals surface area contributed by atoms with Gasteiger partial charge < -0.3 is 19.6 Å². The number of aliphatic hydroxyl groups is 1. The molecule has 0 bridgehead atoms. The summed E-state index contributed by atoms with van der Waals surface area (Å²) >= 11 is 6.03. The Labute approximate surface area is 197 Å². The van der Waals surface area contributed by atoms with Crippen LogP contribution in [0.2, 0.25) is 5.02 Å². The van der Waals surface area contributed by atoms with E-state index < -0.39 is 5.60 Å². The number of nitrogens with zero attached hydrogens (tertiary/aromatic N) is 2. The molecule has 2 aliphatic heterocycles. The molecule has 0 aromatic heterocycles. The maximum absolute atomic E-state index is 11.2. The van der Waals surface area contributed by atoms with E-state index in [0.717, 1.165) is 61.7 Å². The van der Waals surface area contributed by atoms with Crippen molar-refractivity contribution in [3.8, 4) is 5.75 Å². The van der Waals surface area contributed by atoms with E-state index >= 15 is 0 Å². The quantitative estimate of drug-likeness (QED) is 0.744. The lowest BCUT2D eigenvalue weighted by molar-refractivity contribution is -0.0345. The number of halogens is 1. The first kappa shape index (κ1) is 22.2. The normalized spacial score (nSPS) is 28.1. The van der Waals surface area contributed by atoms with Gasteiger partial charge in [-0.3, -0.25) is 0 Å². The highest BCUT2D eigenvalue weighted by Crippen LogP contribution is 2.40. The number of benzene rings is 2. The Bertz CT molecular complexity index is 939. The van der Waals surface area contributed by atoms with Gasteiger partial charge in [0.05, 0.1) is 12.7 Å². The number of likely N-dealkylation sites (tertiary alicyclic amines) is 2. The zero-order valence-electron chi connectivity index (χ0n) is 19.3. The lowest BCUT2D eigenvalue weighted by Gasteiger charge is -2.48. The number of hydrogen-bond donors (Lipinski definition) is 1. The number of rotatable bonds is 4. The Balaban J connectivity index is 1.21. The zero-order valence-corrected chi connectivity index (χ0v) is 20.0. The standard InChI is InChI=1S/C27H35ClN2O2/c1-29-17-19(14-21-15-24-20(16-25(21)29)4-3-5-26(24)32-2)18-30-12-10-27(31,11-13-30)22-6-8-23(28)9-7-22/h3-9,19,21,25,31H,10-18H2,1-2H3/t19-,21-,25-/m1/s1. The topological polar surface area (TPSA) is 35.9 Å². The summed E-state index contributed by atoms with van der Waals surface area (Å²) in [6.07, 6.45) is 5.12. The number of fused-ring (bicyclic) bond motifs is 2. The molecular weight excluding hydrogens is 420 g/mol. The first-order valence-electron chi connectivity index (χ1n) is 12.0. The second-order valence-electron chi connectivity index (χ2n) is 10.2. The van der Waals surface area contributed by atoms with Crippen LogP contribution in [0.5, 0.6) is 5.75 Å². The third-order valence-electron chi connectivity index (χ3n) is 8.22. The van der Waals surface area contributed by atoms with Crippen molar-refractivity contribution in [1.29, 1.82) is 0 Å². The molecule has 3 aliphatic rings. The molecule has 2 heterocycles. The van der Waals surface area contributed by atoms with E-state index in [1.807, 2.05) is 24.3 Å². The largest absolute Gasteiger partial charge is 0.496 e. The highest BCUT2D eigenvalue weighted by Gasteiger charge is 2.40. The van der Waals surface area contributed by atoms with Crippen molar-refractivity contribution in [3.05, 3.63) is 64.2 Å². The lowest BCUT2D eigenvalue weighted by atomic mass is 9.72. The Kier molecular flexibility index (Phi) is 6.23.